The Labute approximate surface area is 124 Å². The summed E-state index contributed by atoms with van der Waals surface area (Å²) in [6.45, 7) is 4.13. The molecule has 0 saturated carbocycles. The van der Waals surface area contributed by atoms with Crippen molar-refractivity contribution >= 4 is 23.0 Å². The second kappa shape index (κ2) is 6.48. The lowest BCUT2D eigenvalue weighted by Crippen LogP contribution is -2.31. The first-order valence-corrected chi connectivity index (χ1v) is 6.85. The van der Waals surface area contributed by atoms with E-state index in [4.69, 9.17) is 12.2 Å². The molecule has 104 valence electrons. The summed E-state index contributed by atoms with van der Waals surface area (Å²) in [5, 5.41) is 6.79. The minimum absolute atomic E-state index is 0.108. The molecule has 2 nitrogen and oxygen atoms in total. The summed E-state index contributed by atoms with van der Waals surface area (Å²) in [7, 11) is 0. The van der Waals surface area contributed by atoms with Crippen LogP contribution >= 0.6 is 12.2 Å². The first-order valence-electron chi connectivity index (χ1n) is 6.45. The molecule has 0 heterocycles. The molecule has 2 N–H and O–H groups in total. The lowest BCUT2D eigenvalue weighted by atomic mass is 10.0. The smallest absolute Gasteiger partial charge is 0.171 e. The molecular weight excluding hydrogens is 271 g/mol. The Morgan fingerprint density at radius 3 is 2.40 bits per heavy atom. The number of nitrogens with one attached hydrogen (secondary N) is 2. The second-order valence-corrected chi connectivity index (χ2v) is 5.09. The van der Waals surface area contributed by atoms with Gasteiger partial charge >= 0.3 is 0 Å². The van der Waals surface area contributed by atoms with Crippen LogP contribution in [0.25, 0.3) is 0 Å². The van der Waals surface area contributed by atoms with Crippen LogP contribution in [0.1, 0.15) is 24.1 Å². The van der Waals surface area contributed by atoms with Gasteiger partial charge in [0.1, 0.15) is 5.82 Å². The number of anilines is 1. The molecule has 1 atom stereocenters. The number of thiocarbonyl (C=S) groups is 1. The van der Waals surface area contributed by atoms with E-state index in [2.05, 4.69) is 36.6 Å². The molecule has 20 heavy (non-hydrogen) atoms. The number of aryl methyl sites for hydroxylation is 1. The maximum atomic E-state index is 12.8. The number of hydrogen-bond donors (Lipinski definition) is 2. The normalized spacial score (nSPS) is 11.8. The predicted molar refractivity (Wildman–Crippen MR) is 85.4 cm³/mol. The minimum Gasteiger partial charge on any atom is -0.356 e. The molecule has 2 aromatic rings. The molecule has 4 heteroatoms. The van der Waals surface area contributed by atoms with Crippen molar-refractivity contribution < 1.29 is 4.39 Å². The fourth-order valence-corrected chi connectivity index (χ4v) is 2.34. The fourth-order valence-electron chi connectivity index (χ4n) is 2.05. The third-order valence-electron chi connectivity index (χ3n) is 3.10. The Bertz CT molecular complexity index is 596. The van der Waals surface area contributed by atoms with Crippen LogP contribution in [0.5, 0.6) is 0 Å². The van der Waals surface area contributed by atoms with E-state index in [1.165, 1.54) is 23.3 Å². The van der Waals surface area contributed by atoms with Crippen molar-refractivity contribution in [1.82, 2.24) is 5.32 Å². The predicted octanol–water partition coefficient (Wildman–Crippen LogP) is 4.18. The molecule has 0 aliphatic carbocycles. The molecule has 0 bridgehead atoms. The maximum Gasteiger partial charge on any atom is 0.171 e. The molecule has 0 aromatic heterocycles. The highest BCUT2D eigenvalue weighted by Gasteiger charge is 2.09. The summed E-state index contributed by atoms with van der Waals surface area (Å²) in [6, 6.07) is 14.4. The van der Waals surface area contributed by atoms with E-state index in [0.717, 1.165) is 5.69 Å². The molecule has 0 aliphatic rings. The van der Waals surface area contributed by atoms with Crippen LogP contribution in [-0.2, 0) is 0 Å². The average Bonchev–Trinajstić information content (AvgIpc) is 2.41. The fraction of sp³-hybridized carbons (Fsp3) is 0.188. The maximum absolute atomic E-state index is 12.8. The molecule has 0 fully saturated rings. The SMILES string of the molecule is Cc1ccccc1[C@H](C)NC(=S)Nc1ccc(F)cc1. The van der Waals surface area contributed by atoms with Crippen molar-refractivity contribution in [1.29, 1.82) is 0 Å². The van der Waals surface area contributed by atoms with Gasteiger partial charge in [-0.25, -0.2) is 4.39 Å². The van der Waals surface area contributed by atoms with Crippen molar-refractivity contribution in [3.05, 3.63) is 65.5 Å². The van der Waals surface area contributed by atoms with Crippen LogP contribution in [0.4, 0.5) is 10.1 Å². The van der Waals surface area contributed by atoms with Crippen molar-refractivity contribution in [2.75, 3.05) is 5.32 Å². The van der Waals surface area contributed by atoms with Crippen molar-refractivity contribution in [3.63, 3.8) is 0 Å². The van der Waals surface area contributed by atoms with Crippen LogP contribution < -0.4 is 10.6 Å². The van der Waals surface area contributed by atoms with Gasteiger partial charge in [0.15, 0.2) is 5.11 Å². The Kier molecular flexibility index (Phi) is 4.69. The van der Waals surface area contributed by atoms with Crippen LogP contribution in [0.3, 0.4) is 0 Å². The van der Waals surface area contributed by atoms with Gasteiger partial charge in [-0.2, -0.15) is 0 Å². The quantitative estimate of drug-likeness (QED) is 0.828. The molecule has 0 spiro atoms. The summed E-state index contributed by atoms with van der Waals surface area (Å²) in [4.78, 5) is 0. The van der Waals surface area contributed by atoms with E-state index in [1.807, 2.05) is 12.1 Å². The highest BCUT2D eigenvalue weighted by atomic mass is 32.1. The van der Waals surface area contributed by atoms with Gasteiger partial charge in [-0.05, 0) is 61.5 Å². The number of halogens is 1. The lowest BCUT2D eigenvalue weighted by molar-refractivity contribution is 0.628. The standard InChI is InChI=1S/C16H17FN2S/c1-11-5-3-4-6-15(11)12(2)18-16(20)19-14-9-7-13(17)8-10-14/h3-10,12H,1-2H3,(H2,18,19,20)/t12-/m0/s1. The van der Waals surface area contributed by atoms with Gasteiger partial charge in [0.05, 0.1) is 6.04 Å². The van der Waals surface area contributed by atoms with E-state index in [9.17, 15) is 4.39 Å². The monoisotopic (exact) mass is 288 g/mol. The summed E-state index contributed by atoms with van der Waals surface area (Å²) < 4.78 is 12.8. The van der Waals surface area contributed by atoms with Gasteiger partial charge in [0.25, 0.3) is 0 Å². The minimum atomic E-state index is -0.261. The molecule has 0 aliphatic heterocycles. The van der Waals surface area contributed by atoms with Gasteiger partial charge in [0.2, 0.25) is 0 Å². The molecule has 2 rings (SSSR count). The van der Waals surface area contributed by atoms with Crippen LogP contribution in [0, 0.1) is 12.7 Å². The number of hydrogen-bond acceptors (Lipinski definition) is 1. The van der Waals surface area contributed by atoms with Gasteiger partial charge in [0, 0.05) is 5.69 Å². The Balaban J connectivity index is 1.98. The van der Waals surface area contributed by atoms with Crippen LogP contribution in [0.15, 0.2) is 48.5 Å². The number of benzene rings is 2. The van der Waals surface area contributed by atoms with E-state index in [1.54, 1.807) is 12.1 Å². The molecule has 0 radical (unpaired) electrons. The molecule has 2 aromatic carbocycles. The Morgan fingerprint density at radius 1 is 1.10 bits per heavy atom. The molecular formula is C16H17FN2S. The van der Waals surface area contributed by atoms with Crippen LogP contribution in [-0.4, -0.2) is 5.11 Å². The van der Waals surface area contributed by atoms with E-state index in [0.29, 0.717) is 5.11 Å². The van der Waals surface area contributed by atoms with Gasteiger partial charge < -0.3 is 10.6 Å². The van der Waals surface area contributed by atoms with Crippen molar-refractivity contribution in [2.45, 2.75) is 19.9 Å². The number of rotatable bonds is 3. The zero-order valence-electron chi connectivity index (χ0n) is 11.5. The largest absolute Gasteiger partial charge is 0.356 e. The Morgan fingerprint density at radius 2 is 1.75 bits per heavy atom. The van der Waals surface area contributed by atoms with E-state index < -0.39 is 0 Å². The molecule has 0 unspecified atom stereocenters. The second-order valence-electron chi connectivity index (χ2n) is 4.68. The van der Waals surface area contributed by atoms with Gasteiger partial charge in [-0.1, -0.05) is 24.3 Å². The van der Waals surface area contributed by atoms with Crippen molar-refractivity contribution in [3.8, 4) is 0 Å². The lowest BCUT2D eigenvalue weighted by Gasteiger charge is -2.19. The first-order chi connectivity index (χ1) is 9.56. The summed E-state index contributed by atoms with van der Waals surface area (Å²) in [6.07, 6.45) is 0. The third-order valence-corrected chi connectivity index (χ3v) is 3.32. The summed E-state index contributed by atoms with van der Waals surface area (Å²) >= 11 is 5.27. The summed E-state index contributed by atoms with van der Waals surface area (Å²) in [5.74, 6) is -0.261. The van der Waals surface area contributed by atoms with E-state index in [-0.39, 0.29) is 11.9 Å². The highest BCUT2D eigenvalue weighted by molar-refractivity contribution is 7.80. The zero-order valence-corrected chi connectivity index (χ0v) is 12.3. The molecule has 0 amide bonds. The topological polar surface area (TPSA) is 24.1 Å². The zero-order chi connectivity index (χ0) is 14.5. The first kappa shape index (κ1) is 14.5. The van der Waals surface area contributed by atoms with E-state index >= 15 is 0 Å². The Hall–Kier alpha value is -1.94. The third kappa shape index (κ3) is 3.78. The van der Waals surface area contributed by atoms with Crippen LogP contribution in [0.2, 0.25) is 0 Å². The highest BCUT2D eigenvalue weighted by Crippen LogP contribution is 2.17. The van der Waals surface area contributed by atoms with Crippen molar-refractivity contribution in [2.24, 2.45) is 0 Å². The summed E-state index contributed by atoms with van der Waals surface area (Å²) in [5.41, 5.74) is 3.19. The average molecular weight is 288 g/mol. The van der Waals surface area contributed by atoms with Gasteiger partial charge in [-0.3, -0.25) is 0 Å². The van der Waals surface area contributed by atoms with Gasteiger partial charge in [-0.15, -0.1) is 0 Å². The molecule has 0 saturated heterocycles.